The smallest absolute Gasteiger partial charge is 0.123 e. The SMILES string of the molecule is COc1ccc(OC)c(CSCC2CNC2)c1. The van der Waals surface area contributed by atoms with Gasteiger partial charge in [-0.1, -0.05) is 0 Å². The van der Waals surface area contributed by atoms with Crippen LogP contribution in [0.1, 0.15) is 5.56 Å². The van der Waals surface area contributed by atoms with E-state index in [4.69, 9.17) is 9.47 Å². The number of hydrogen-bond acceptors (Lipinski definition) is 4. The monoisotopic (exact) mass is 253 g/mol. The maximum Gasteiger partial charge on any atom is 0.123 e. The molecule has 2 rings (SSSR count). The highest BCUT2D eigenvalue weighted by atomic mass is 32.2. The first-order valence-corrected chi connectivity index (χ1v) is 6.98. The minimum atomic E-state index is 0.844. The van der Waals surface area contributed by atoms with Crippen LogP contribution >= 0.6 is 11.8 Å². The number of thioether (sulfide) groups is 1. The molecule has 0 saturated carbocycles. The molecule has 3 nitrogen and oxygen atoms in total. The van der Waals surface area contributed by atoms with Crippen LogP contribution in [-0.2, 0) is 5.75 Å². The highest BCUT2D eigenvalue weighted by molar-refractivity contribution is 7.98. The van der Waals surface area contributed by atoms with E-state index in [0.717, 1.165) is 23.2 Å². The zero-order valence-corrected chi connectivity index (χ0v) is 11.2. The highest BCUT2D eigenvalue weighted by Crippen LogP contribution is 2.28. The van der Waals surface area contributed by atoms with E-state index >= 15 is 0 Å². The van der Waals surface area contributed by atoms with E-state index in [0.29, 0.717) is 0 Å². The molecule has 4 heteroatoms. The van der Waals surface area contributed by atoms with E-state index in [1.54, 1.807) is 14.2 Å². The average Bonchev–Trinajstić information content (AvgIpc) is 2.32. The van der Waals surface area contributed by atoms with Gasteiger partial charge in [0.25, 0.3) is 0 Å². The third-order valence-electron chi connectivity index (χ3n) is 2.96. The van der Waals surface area contributed by atoms with Gasteiger partial charge in [0.05, 0.1) is 14.2 Å². The fraction of sp³-hybridized carbons (Fsp3) is 0.538. The number of rotatable bonds is 6. The van der Waals surface area contributed by atoms with E-state index in [2.05, 4.69) is 11.4 Å². The summed E-state index contributed by atoms with van der Waals surface area (Å²) in [6.07, 6.45) is 0. The number of benzene rings is 1. The molecule has 1 aromatic carbocycles. The Hall–Kier alpha value is -0.870. The van der Waals surface area contributed by atoms with Crippen molar-refractivity contribution in [1.29, 1.82) is 0 Å². The van der Waals surface area contributed by atoms with Gasteiger partial charge in [-0.15, -0.1) is 0 Å². The first-order chi connectivity index (χ1) is 8.33. The second kappa shape index (κ2) is 6.17. The molecule has 0 bridgehead atoms. The Kier molecular flexibility index (Phi) is 4.57. The van der Waals surface area contributed by atoms with Gasteiger partial charge < -0.3 is 14.8 Å². The van der Waals surface area contributed by atoms with Gasteiger partial charge in [0.2, 0.25) is 0 Å². The minimum absolute atomic E-state index is 0.844. The number of methoxy groups -OCH3 is 2. The maximum absolute atomic E-state index is 5.36. The van der Waals surface area contributed by atoms with Crippen molar-refractivity contribution in [2.24, 2.45) is 5.92 Å². The van der Waals surface area contributed by atoms with Crippen LogP contribution in [0.15, 0.2) is 18.2 Å². The van der Waals surface area contributed by atoms with Crippen LogP contribution < -0.4 is 14.8 Å². The largest absolute Gasteiger partial charge is 0.497 e. The average molecular weight is 253 g/mol. The van der Waals surface area contributed by atoms with Gasteiger partial charge in [0.1, 0.15) is 11.5 Å². The van der Waals surface area contributed by atoms with Crippen LogP contribution in [0.4, 0.5) is 0 Å². The molecule has 0 aliphatic carbocycles. The lowest BCUT2D eigenvalue weighted by Crippen LogP contribution is -2.43. The van der Waals surface area contributed by atoms with Crippen molar-refractivity contribution >= 4 is 11.8 Å². The Morgan fingerprint density at radius 1 is 1.29 bits per heavy atom. The molecule has 1 aliphatic rings. The van der Waals surface area contributed by atoms with E-state index in [9.17, 15) is 0 Å². The molecular weight excluding hydrogens is 234 g/mol. The predicted octanol–water partition coefficient (Wildman–Crippen LogP) is 2.16. The zero-order chi connectivity index (χ0) is 12.1. The van der Waals surface area contributed by atoms with Crippen LogP contribution in [0, 0.1) is 5.92 Å². The summed E-state index contributed by atoms with van der Waals surface area (Å²) in [7, 11) is 3.41. The summed E-state index contributed by atoms with van der Waals surface area (Å²) in [5.74, 6) is 4.89. The standard InChI is InChI=1S/C13H19NO2S/c1-15-12-3-4-13(16-2)11(5-12)9-17-8-10-6-14-7-10/h3-5,10,14H,6-9H2,1-2H3. The Morgan fingerprint density at radius 2 is 2.12 bits per heavy atom. The van der Waals surface area contributed by atoms with Crippen LogP contribution in [-0.4, -0.2) is 33.1 Å². The Morgan fingerprint density at radius 3 is 2.71 bits per heavy atom. The zero-order valence-electron chi connectivity index (χ0n) is 10.4. The van der Waals surface area contributed by atoms with Gasteiger partial charge in [-0.2, -0.15) is 11.8 Å². The van der Waals surface area contributed by atoms with Crippen molar-refractivity contribution in [3.05, 3.63) is 23.8 Å². The molecule has 17 heavy (non-hydrogen) atoms. The van der Waals surface area contributed by atoms with Gasteiger partial charge >= 0.3 is 0 Å². The Balaban J connectivity index is 1.91. The molecule has 0 atom stereocenters. The van der Waals surface area contributed by atoms with Crippen molar-refractivity contribution in [3.8, 4) is 11.5 Å². The highest BCUT2D eigenvalue weighted by Gasteiger charge is 2.16. The first kappa shape index (κ1) is 12.6. The van der Waals surface area contributed by atoms with Crippen molar-refractivity contribution < 1.29 is 9.47 Å². The third-order valence-corrected chi connectivity index (χ3v) is 4.19. The third kappa shape index (κ3) is 3.30. The molecule has 1 fully saturated rings. The molecular formula is C13H19NO2S. The van der Waals surface area contributed by atoms with Crippen molar-refractivity contribution in [3.63, 3.8) is 0 Å². The second-order valence-corrected chi connectivity index (χ2v) is 5.25. The summed E-state index contributed by atoms with van der Waals surface area (Å²) in [5, 5.41) is 3.29. The Bertz CT molecular complexity index is 366. The van der Waals surface area contributed by atoms with E-state index < -0.39 is 0 Å². The molecule has 94 valence electrons. The summed E-state index contributed by atoms with van der Waals surface area (Å²) < 4.78 is 10.6. The lowest BCUT2D eigenvalue weighted by molar-refractivity contribution is 0.385. The first-order valence-electron chi connectivity index (χ1n) is 5.83. The molecule has 0 spiro atoms. The molecule has 0 aromatic heterocycles. The molecule has 1 aromatic rings. The predicted molar refractivity (Wildman–Crippen MR) is 72.1 cm³/mol. The Labute approximate surface area is 107 Å². The lowest BCUT2D eigenvalue weighted by atomic mass is 10.1. The number of nitrogens with one attached hydrogen (secondary N) is 1. The van der Waals surface area contributed by atoms with E-state index in [1.165, 1.54) is 24.4 Å². The number of hydrogen-bond donors (Lipinski definition) is 1. The summed E-state index contributed by atoms with van der Waals surface area (Å²) >= 11 is 1.96. The molecule has 1 heterocycles. The van der Waals surface area contributed by atoms with Crippen molar-refractivity contribution in [1.82, 2.24) is 5.32 Å². The van der Waals surface area contributed by atoms with Gasteiger partial charge in [0.15, 0.2) is 0 Å². The number of ether oxygens (including phenoxy) is 2. The molecule has 1 N–H and O–H groups in total. The van der Waals surface area contributed by atoms with Gasteiger partial charge in [-0.3, -0.25) is 0 Å². The van der Waals surface area contributed by atoms with Crippen molar-refractivity contribution in [2.75, 3.05) is 33.1 Å². The van der Waals surface area contributed by atoms with Gasteiger partial charge in [-0.25, -0.2) is 0 Å². The topological polar surface area (TPSA) is 30.5 Å². The molecule has 1 saturated heterocycles. The van der Waals surface area contributed by atoms with Crippen LogP contribution in [0.5, 0.6) is 11.5 Å². The second-order valence-electron chi connectivity index (χ2n) is 4.22. The van der Waals surface area contributed by atoms with Crippen LogP contribution in [0.25, 0.3) is 0 Å². The summed E-state index contributed by atoms with van der Waals surface area (Å²) in [4.78, 5) is 0. The van der Waals surface area contributed by atoms with Gasteiger partial charge in [-0.05, 0) is 43.0 Å². The fourth-order valence-electron chi connectivity index (χ4n) is 1.80. The molecule has 0 radical (unpaired) electrons. The fourth-order valence-corrected chi connectivity index (χ4v) is 2.93. The van der Waals surface area contributed by atoms with Crippen molar-refractivity contribution in [2.45, 2.75) is 5.75 Å². The molecule has 1 aliphatic heterocycles. The van der Waals surface area contributed by atoms with E-state index in [1.807, 2.05) is 23.9 Å². The quantitative estimate of drug-likeness (QED) is 0.841. The summed E-state index contributed by atoms with van der Waals surface area (Å²) in [6.45, 7) is 2.34. The van der Waals surface area contributed by atoms with Gasteiger partial charge in [0, 0.05) is 11.3 Å². The normalized spacial score (nSPS) is 15.4. The minimum Gasteiger partial charge on any atom is -0.497 e. The lowest BCUT2D eigenvalue weighted by Gasteiger charge is -2.26. The molecule has 0 unspecified atom stereocenters. The molecule has 0 amide bonds. The maximum atomic E-state index is 5.36. The summed E-state index contributed by atoms with van der Waals surface area (Å²) in [5.41, 5.74) is 1.21. The van der Waals surface area contributed by atoms with E-state index in [-0.39, 0.29) is 0 Å². The summed E-state index contributed by atoms with van der Waals surface area (Å²) in [6, 6.07) is 5.97. The van der Waals surface area contributed by atoms with Crippen LogP contribution in [0.3, 0.4) is 0 Å². The van der Waals surface area contributed by atoms with Crippen LogP contribution in [0.2, 0.25) is 0 Å².